The number of carbonyl (C=O) groups excluding carboxylic acids is 1. The summed E-state index contributed by atoms with van der Waals surface area (Å²) in [6.45, 7) is 5.68. The van der Waals surface area contributed by atoms with Crippen molar-refractivity contribution in [3.05, 3.63) is 29.3 Å². The first-order valence-electron chi connectivity index (χ1n) is 6.40. The molecular formula is C14H20N2O3. The van der Waals surface area contributed by atoms with Crippen LogP contribution in [0, 0.1) is 6.92 Å². The number of carboxylic acid groups (broad SMARTS) is 1. The highest BCUT2D eigenvalue weighted by Crippen LogP contribution is 2.19. The number of aromatic carboxylic acids is 1. The fourth-order valence-corrected chi connectivity index (χ4v) is 1.89. The van der Waals surface area contributed by atoms with Crippen LogP contribution in [0.15, 0.2) is 18.2 Å². The van der Waals surface area contributed by atoms with Crippen molar-refractivity contribution in [2.45, 2.75) is 39.7 Å². The zero-order valence-corrected chi connectivity index (χ0v) is 11.5. The van der Waals surface area contributed by atoms with Crippen LogP contribution in [0.25, 0.3) is 0 Å². The van der Waals surface area contributed by atoms with Gasteiger partial charge in [0.25, 0.3) is 0 Å². The van der Waals surface area contributed by atoms with E-state index in [1.54, 1.807) is 25.1 Å². The second kappa shape index (κ2) is 6.78. The maximum atomic E-state index is 11.8. The zero-order chi connectivity index (χ0) is 14.4. The number of aryl methyl sites for hydroxylation is 1. The van der Waals surface area contributed by atoms with Crippen molar-refractivity contribution in [3.63, 3.8) is 0 Å². The van der Waals surface area contributed by atoms with Crippen molar-refractivity contribution in [1.29, 1.82) is 0 Å². The van der Waals surface area contributed by atoms with Gasteiger partial charge in [0.15, 0.2) is 0 Å². The number of rotatable bonds is 5. The van der Waals surface area contributed by atoms with Gasteiger partial charge in [-0.2, -0.15) is 0 Å². The molecule has 0 aliphatic carbocycles. The van der Waals surface area contributed by atoms with Crippen molar-refractivity contribution in [2.24, 2.45) is 0 Å². The number of hydrogen-bond acceptors (Lipinski definition) is 2. The fourth-order valence-electron chi connectivity index (χ4n) is 1.89. The second-order valence-corrected chi connectivity index (χ2v) is 4.41. The molecule has 0 atom stereocenters. The van der Waals surface area contributed by atoms with Gasteiger partial charge < -0.3 is 15.7 Å². The average Bonchev–Trinajstić information content (AvgIpc) is 2.35. The molecule has 3 N–H and O–H groups in total. The van der Waals surface area contributed by atoms with Gasteiger partial charge in [0.1, 0.15) is 0 Å². The van der Waals surface area contributed by atoms with Gasteiger partial charge in [0.2, 0.25) is 0 Å². The molecule has 104 valence electrons. The van der Waals surface area contributed by atoms with Crippen LogP contribution in [-0.2, 0) is 0 Å². The maximum Gasteiger partial charge on any atom is 0.338 e. The molecule has 0 saturated heterocycles. The molecule has 0 bridgehead atoms. The van der Waals surface area contributed by atoms with Gasteiger partial charge in [-0.3, -0.25) is 0 Å². The van der Waals surface area contributed by atoms with Crippen LogP contribution < -0.4 is 10.6 Å². The highest BCUT2D eigenvalue weighted by molar-refractivity contribution is 6.01. The first-order chi connectivity index (χ1) is 8.99. The van der Waals surface area contributed by atoms with Crippen LogP contribution in [0.4, 0.5) is 10.5 Å². The van der Waals surface area contributed by atoms with Crippen LogP contribution in [0.5, 0.6) is 0 Å². The largest absolute Gasteiger partial charge is 0.478 e. The summed E-state index contributed by atoms with van der Waals surface area (Å²) in [5.41, 5.74) is 1.06. The minimum atomic E-state index is -1.05. The highest BCUT2D eigenvalue weighted by Gasteiger charge is 2.15. The van der Waals surface area contributed by atoms with Crippen LogP contribution in [0.2, 0.25) is 0 Å². The van der Waals surface area contributed by atoms with Crippen LogP contribution >= 0.6 is 0 Å². The SMILES string of the molecule is CCC(CC)NC(=O)Nc1cccc(C)c1C(=O)O. The molecule has 19 heavy (non-hydrogen) atoms. The smallest absolute Gasteiger partial charge is 0.338 e. The van der Waals surface area contributed by atoms with Crippen LogP contribution in [0.3, 0.4) is 0 Å². The number of urea groups is 1. The van der Waals surface area contributed by atoms with E-state index < -0.39 is 5.97 Å². The summed E-state index contributed by atoms with van der Waals surface area (Å²) in [4.78, 5) is 23.0. The number of carboxylic acids is 1. The predicted octanol–water partition coefficient (Wildman–Crippen LogP) is 3.00. The Labute approximate surface area is 113 Å². The lowest BCUT2D eigenvalue weighted by Crippen LogP contribution is -2.37. The Kier molecular flexibility index (Phi) is 5.36. The molecule has 0 spiro atoms. The number of anilines is 1. The Bertz CT molecular complexity index is 468. The molecule has 1 rings (SSSR count). The van der Waals surface area contributed by atoms with Crippen molar-refractivity contribution < 1.29 is 14.7 Å². The summed E-state index contributed by atoms with van der Waals surface area (Å²) >= 11 is 0. The Morgan fingerprint density at radius 3 is 2.42 bits per heavy atom. The molecule has 1 aromatic carbocycles. The molecule has 0 heterocycles. The predicted molar refractivity (Wildman–Crippen MR) is 74.7 cm³/mol. The van der Waals surface area contributed by atoms with Gasteiger partial charge in [0, 0.05) is 6.04 Å². The van der Waals surface area contributed by atoms with Gasteiger partial charge in [-0.25, -0.2) is 9.59 Å². The van der Waals surface area contributed by atoms with Gasteiger partial charge in [-0.05, 0) is 31.4 Å². The number of hydrogen-bond donors (Lipinski definition) is 3. The third-order valence-electron chi connectivity index (χ3n) is 3.06. The van der Waals surface area contributed by atoms with Gasteiger partial charge in [-0.1, -0.05) is 26.0 Å². The number of carbonyl (C=O) groups is 2. The molecule has 0 fully saturated rings. The normalized spacial score (nSPS) is 10.3. The number of amides is 2. The van der Waals surface area contributed by atoms with Crippen LogP contribution in [-0.4, -0.2) is 23.1 Å². The Morgan fingerprint density at radius 1 is 1.26 bits per heavy atom. The Balaban J connectivity index is 2.85. The molecule has 0 aliphatic heterocycles. The second-order valence-electron chi connectivity index (χ2n) is 4.41. The number of benzene rings is 1. The molecule has 2 amide bonds. The molecular weight excluding hydrogens is 244 g/mol. The van der Waals surface area contributed by atoms with Gasteiger partial charge in [0.05, 0.1) is 11.3 Å². The van der Waals surface area contributed by atoms with Crippen molar-refractivity contribution >= 4 is 17.7 Å². The van der Waals surface area contributed by atoms with Crippen LogP contribution in [0.1, 0.15) is 42.6 Å². The standard InChI is InChI=1S/C14H20N2O3/c1-4-10(5-2)15-14(19)16-11-8-6-7-9(3)12(11)13(17)18/h6-8,10H,4-5H2,1-3H3,(H,17,18)(H2,15,16,19). The molecule has 0 aliphatic rings. The van der Waals surface area contributed by atoms with E-state index in [1.807, 2.05) is 13.8 Å². The van der Waals surface area contributed by atoms with E-state index in [0.717, 1.165) is 12.8 Å². The summed E-state index contributed by atoms with van der Waals surface area (Å²) < 4.78 is 0. The lowest BCUT2D eigenvalue weighted by Gasteiger charge is -2.16. The van der Waals surface area contributed by atoms with Gasteiger partial charge in [-0.15, -0.1) is 0 Å². The summed E-state index contributed by atoms with van der Waals surface area (Å²) in [6.07, 6.45) is 1.67. The van der Waals surface area contributed by atoms with E-state index >= 15 is 0 Å². The third kappa shape index (κ3) is 3.98. The van der Waals surface area contributed by atoms with Crippen molar-refractivity contribution in [3.8, 4) is 0 Å². The monoisotopic (exact) mass is 264 g/mol. The fraction of sp³-hybridized carbons (Fsp3) is 0.429. The topological polar surface area (TPSA) is 78.4 Å². The molecule has 0 saturated carbocycles. The third-order valence-corrected chi connectivity index (χ3v) is 3.06. The molecule has 0 unspecified atom stereocenters. The summed E-state index contributed by atoms with van der Waals surface area (Å²) in [5, 5.41) is 14.6. The summed E-state index contributed by atoms with van der Waals surface area (Å²) in [5.74, 6) is -1.05. The first-order valence-corrected chi connectivity index (χ1v) is 6.40. The molecule has 1 aromatic rings. The molecule has 0 aromatic heterocycles. The molecule has 5 heteroatoms. The van der Waals surface area contributed by atoms with E-state index in [9.17, 15) is 9.59 Å². The minimum absolute atomic E-state index is 0.0955. The van der Waals surface area contributed by atoms with E-state index in [-0.39, 0.29) is 17.6 Å². The maximum absolute atomic E-state index is 11.8. The van der Waals surface area contributed by atoms with Crippen molar-refractivity contribution in [2.75, 3.05) is 5.32 Å². The molecule has 0 radical (unpaired) electrons. The van der Waals surface area contributed by atoms with Crippen molar-refractivity contribution in [1.82, 2.24) is 5.32 Å². The van der Waals surface area contributed by atoms with E-state index in [1.165, 1.54) is 0 Å². The Hall–Kier alpha value is -2.04. The average molecular weight is 264 g/mol. The summed E-state index contributed by atoms with van der Waals surface area (Å²) in [7, 11) is 0. The van der Waals surface area contributed by atoms with E-state index in [4.69, 9.17) is 5.11 Å². The van der Waals surface area contributed by atoms with Gasteiger partial charge >= 0.3 is 12.0 Å². The quantitative estimate of drug-likeness (QED) is 0.765. The van der Waals surface area contributed by atoms with E-state index in [2.05, 4.69) is 10.6 Å². The van der Waals surface area contributed by atoms with E-state index in [0.29, 0.717) is 11.3 Å². The zero-order valence-electron chi connectivity index (χ0n) is 11.5. The minimum Gasteiger partial charge on any atom is -0.478 e. The summed E-state index contributed by atoms with van der Waals surface area (Å²) in [6, 6.07) is 4.73. The lowest BCUT2D eigenvalue weighted by molar-refractivity contribution is 0.0697. The number of nitrogens with one attached hydrogen (secondary N) is 2. The molecule has 5 nitrogen and oxygen atoms in total. The first kappa shape index (κ1) is 15.0. The lowest BCUT2D eigenvalue weighted by atomic mass is 10.1. The highest BCUT2D eigenvalue weighted by atomic mass is 16.4. The Morgan fingerprint density at radius 2 is 1.89 bits per heavy atom.